The van der Waals surface area contributed by atoms with Crippen LogP contribution >= 0.6 is 0 Å². The molecule has 1 heterocycles. The lowest BCUT2D eigenvalue weighted by molar-refractivity contribution is -0.117. The summed E-state index contributed by atoms with van der Waals surface area (Å²) in [6.07, 6.45) is 3.62. The van der Waals surface area contributed by atoms with Crippen molar-refractivity contribution in [3.63, 3.8) is 0 Å². The summed E-state index contributed by atoms with van der Waals surface area (Å²) in [6.45, 7) is 0. The summed E-state index contributed by atoms with van der Waals surface area (Å²) >= 11 is 0. The molecule has 0 radical (unpaired) electrons. The van der Waals surface area contributed by atoms with Gasteiger partial charge in [-0.25, -0.2) is 4.98 Å². The molecule has 0 aromatic carbocycles. The van der Waals surface area contributed by atoms with Crippen molar-refractivity contribution in [2.24, 2.45) is 5.92 Å². The number of methoxy groups -OCH3 is 1. The molecule has 92 valence electrons. The topological polar surface area (TPSA) is 54.5 Å². The molecule has 0 atom stereocenters. The molecule has 2 rings (SSSR count). The van der Waals surface area contributed by atoms with Crippen molar-refractivity contribution in [3.05, 3.63) is 12.3 Å². The van der Waals surface area contributed by atoms with Crippen LogP contribution < -0.4 is 15.0 Å². The van der Waals surface area contributed by atoms with Crippen LogP contribution in [0.25, 0.3) is 0 Å². The van der Waals surface area contributed by atoms with Gasteiger partial charge in [0.2, 0.25) is 11.8 Å². The van der Waals surface area contributed by atoms with Crippen molar-refractivity contribution in [1.29, 1.82) is 0 Å². The molecule has 1 amide bonds. The molecule has 1 fully saturated rings. The predicted molar refractivity (Wildman–Crippen MR) is 66.5 cm³/mol. The first kappa shape index (κ1) is 11.7. The highest BCUT2D eigenvalue weighted by Crippen LogP contribution is 2.35. The number of carbonyl (C=O) groups is 1. The van der Waals surface area contributed by atoms with E-state index in [1.54, 1.807) is 13.3 Å². The van der Waals surface area contributed by atoms with E-state index < -0.39 is 0 Å². The van der Waals surface area contributed by atoms with Crippen molar-refractivity contribution >= 4 is 17.3 Å². The number of pyridine rings is 1. The Hall–Kier alpha value is -1.78. The summed E-state index contributed by atoms with van der Waals surface area (Å²) in [4.78, 5) is 17.8. The van der Waals surface area contributed by atoms with E-state index in [0.717, 1.165) is 18.5 Å². The van der Waals surface area contributed by atoms with Crippen LogP contribution in [0.1, 0.15) is 12.8 Å². The molecule has 1 aliphatic carbocycles. The van der Waals surface area contributed by atoms with Crippen molar-refractivity contribution in [2.45, 2.75) is 12.8 Å². The molecule has 5 nitrogen and oxygen atoms in total. The maximum Gasteiger partial charge on any atom is 0.239 e. The number of ether oxygens (including phenoxy) is 1. The molecule has 1 saturated carbocycles. The number of carbonyl (C=O) groups excluding carboxylic acids is 1. The minimum absolute atomic E-state index is 0.0550. The van der Waals surface area contributed by atoms with Gasteiger partial charge in [0.15, 0.2) is 0 Å². The number of hydrogen-bond donors (Lipinski definition) is 1. The maximum atomic E-state index is 11.8. The van der Waals surface area contributed by atoms with E-state index in [1.165, 1.54) is 0 Å². The molecule has 0 unspecified atom stereocenters. The van der Waals surface area contributed by atoms with Gasteiger partial charge in [0.1, 0.15) is 5.69 Å². The van der Waals surface area contributed by atoms with E-state index in [4.69, 9.17) is 4.74 Å². The van der Waals surface area contributed by atoms with Crippen molar-refractivity contribution in [3.8, 4) is 5.88 Å². The largest absolute Gasteiger partial charge is 0.479 e. The minimum Gasteiger partial charge on any atom is -0.479 e. The van der Waals surface area contributed by atoms with Gasteiger partial charge < -0.3 is 15.0 Å². The Kier molecular flexibility index (Phi) is 3.17. The molecule has 1 aliphatic rings. The van der Waals surface area contributed by atoms with E-state index in [-0.39, 0.29) is 11.8 Å². The first-order valence-electron chi connectivity index (χ1n) is 5.64. The van der Waals surface area contributed by atoms with Gasteiger partial charge in [0, 0.05) is 26.2 Å². The molecule has 1 aromatic rings. The Balaban J connectivity index is 2.30. The second-order valence-electron chi connectivity index (χ2n) is 4.37. The average molecular weight is 235 g/mol. The highest BCUT2D eigenvalue weighted by atomic mass is 16.5. The summed E-state index contributed by atoms with van der Waals surface area (Å²) in [5, 5.41) is 2.91. The highest BCUT2D eigenvalue weighted by Gasteiger charge is 2.31. The fourth-order valence-electron chi connectivity index (χ4n) is 1.65. The van der Waals surface area contributed by atoms with E-state index >= 15 is 0 Å². The third-order valence-corrected chi connectivity index (χ3v) is 2.77. The molecule has 5 heteroatoms. The molecule has 0 bridgehead atoms. The molecular weight excluding hydrogens is 218 g/mol. The van der Waals surface area contributed by atoms with Gasteiger partial charge in [-0.05, 0) is 18.9 Å². The maximum absolute atomic E-state index is 11.8. The standard InChI is InChI=1S/C12H17N3O2/c1-15(2)9-6-7-13-12(17-3)10(9)14-11(16)8-4-5-8/h6-8H,4-5H2,1-3H3,(H,14,16). The highest BCUT2D eigenvalue weighted by molar-refractivity contribution is 5.98. The van der Waals surface area contributed by atoms with Crippen LogP contribution in [0.4, 0.5) is 11.4 Å². The molecule has 0 aliphatic heterocycles. The summed E-state index contributed by atoms with van der Waals surface area (Å²) in [7, 11) is 5.39. The van der Waals surface area contributed by atoms with Crippen molar-refractivity contribution < 1.29 is 9.53 Å². The number of hydrogen-bond acceptors (Lipinski definition) is 4. The zero-order valence-electron chi connectivity index (χ0n) is 10.4. The van der Waals surface area contributed by atoms with Gasteiger partial charge >= 0.3 is 0 Å². The van der Waals surface area contributed by atoms with Crippen LogP contribution in [0.15, 0.2) is 12.3 Å². The van der Waals surface area contributed by atoms with E-state index in [2.05, 4.69) is 10.3 Å². The molecule has 17 heavy (non-hydrogen) atoms. The van der Waals surface area contributed by atoms with Gasteiger partial charge in [-0.15, -0.1) is 0 Å². The zero-order valence-corrected chi connectivity index (χ0v) is 10.4. The lowest BCUT2D eigenvalue weighted by Gasteiger charge is -2.19. The first-order chi connectivity index (χ1) is 8.13. The van der Waals surface area contributed by atoms with E-state index in [0.29, 0.717) is 11.6 Å². The fraction of sp³-hybridized carbons (Fsp3) is 0.500. The number of nitrogens with zero attached hydrogens (tertiary/aromatic N) is 2. The number of anilines is 2. The predicted octanol–water partition coefficient (Wildman–Crippen LogP) is 1.50. The van der Waals surface area contributed by atoms with Gasteiger partial charge in [-0.2, -0.15) is 0 Å². The Morgan fingerprint density at radius 1 is 1.53 bits per heavy atom. The second kappa shape index (κ2) is 4.61. The number of rotatable bonds is 4. The Morgan fingerprint density at radius 2 is 2.24 bits per heavy atom. The van der Waals surface area contributed by atoms with Gasteiger partial charge in [0.25, 0.3) is 0 Å². The molecule has 1 N–H and O–H groups in total. The molecule has 0 saturated heterocycles. The third-order valence-electron chi connectivity index (χ3n) is 2.77. The van der Waals surface area contributed by atoms with Gasteiger partial charge in [0.05, 0.1) is 12.8 Å². The smallest absolute Gasteiger partial charge is 0.239 e. The molecule has 0 spiro atoms. The summed E-state index contributed by atoms with van der Waals surface area (Å²) in [6, 6.07) is 1.85. The van der Waals surface area contributed by atoms with Crippen molar-refractivity contribution in [2.75, 3.05) is 31.4 Å². The van der Waals surface area contributed by atoms with Crippen LogP contribution in [-0.2, 0) is 4.79 Å². The van der Waals surface area contributed by atoms with Crippen LogP contribution in [0.3, 0.4) is 0 Å². The monoisotopic (exact) mass is 235 g/mol. The minimum atomic E-state index is 0.0550. The Morgan fingerprint density at radius 3 is 2.76 bits per heavy atom. The first-order valence-corrected chi connectivity index (χ1v) is 5.64. The Labute approximate surface area is 101 Å². The Bertz CT molecular complexity index is 428. The second-order valence-corrected chi connectivity index (χ2v) is 4.37. The van der Waals surface area contributed by atoms with Crippen molar-refractivity contribution in [1.82, 2.24) is 4.98 Å². The summed E-state index contributed by atoms with van der Waals surface area (Å²) < 4.78 is 5.18. The lowest BCUT2D eigenvalue weighted by Crippen LogP contribution is -2.18. The van der Waals surface area contributed by atoms with E-state index in [1.807, 2.05) is 25.1 Å². The van der Waals surface area contributed by atoms with Crippen LogP contribution in [0, 0.1) is 5.92 Å². The van der Waals surface area contributed by atoms with Crippen LogP contribution in [-0.4, -0.2) is 32.1 Å². The summed E-state index contributed by atoms with van der Waals surface area (Å²) in [5.41, 5.74) is 1.54. The number of aromatic nitrogens is 1. The molecule has 1 aromatic heterocycles. The quantitative estimate of drug-likeness (QED) is 0.859. The zero-order chi connectivity index (χ0) is 12.4. The van der Waals surface area contributed by atoms with E-state index in [9.17, 15) is 4.79 Å². The number of nitrogens with one attached hydrogen (secondary N) is 1. The molecular formula is C12H17N3O2. The SMILES string of the molecule is COc1nccc(N(C)C)c1NC(=O)C1CC1. The van der Waals surface area contributed by atoms with Gasteiger partial charge in [-0.1, -0.05) is 0 Å². The number of amides is 1. The fourth-order valence-corrected chi connectivity index (χ4v) is 1.65. The van der Waals surface area contributed by atoms with Crippen LogP contribution in [0.2, 0.25) is 0 Å². The normalized spacial score (nSPS) is 14.3. The van der Waals surface area contributed by atoms with Crippen LogP contribution in [0.5, 0.6) is 5.88 Å². The summed E-state index contributed by atoms with van der Waals surface area (Å²) in [5.74, 6) is 0.666. The average Bonchev–Trinajstić information content (AvgIpc) is 3.12. The van der Waals surface area contributed by atoms with Gasteiger partial charge in [-0.3, -0.25) is 4.79 Å². The lowest BCUT2D eigenvalue weighted by atomic mass is 10.3. The third kappa shape index (κ3) is 2.49.